The van der Waals surface area contributed by atoms with Crippen LogP contribution in [0.1, 0.15) is 24.1 Å². The van der Waals surface area contributed by atoms with Gasteiger partial charge in [-0.2, -0.15) is 0 Å². The van der Waals surface area contributed by atoms with Crippen molar-refractivity contribution < 1.29 is 19.1 Å². The van der Waals surface area contributed by atoms with Crippen LogP contribution in [0.2, 0.25) is 0 Å². The van der Waals surface area contributed by atoms with Crippen LogP contribution in [0.15, 0.2) is 12.1 Å². The van der Waals surface area contributed by atoms with E-state index in [1.165, 1.54) is 17.3 Å². The van der Waals surface area contributed by atoms with Gasteiger partial charge in [-0.1, -0.05) is 24.0 Å². The first kappa shape index (κ1) is 20.9. The highest BCUT2D eigenvalue weighted by atomic mass is 32.2. The second-order valence-electron chi connectivity index (χ2n) is 6.75. The molecule has 2 amide bonds. The zero-order valence-corrected chi connectivity index (χ0v) is 18.0. The van der Waals surface area contributed by atoms with Crippen LogP contribution in [0.3, 0.4) is 0 Å². The van der Waals surface area contributed by atoms with E-state index >= 15 is 0 Å². The summed E-state index contributed by atoms with van der Waals surface area (Å²) in [6.45, 7) is 4.02. The van der Waals surface area contributed by atoms with E-state index in [-0.39, 0.29) is 17.9 Å². The van der Waals surface area contributed by atoms with Crippen LogP contribution in [0.5, 0.6) is 11.5 Å². The van der Waals surface area contributed by atoms with Crippen molar-refractivity contribution in [3.8, 4) is 11.5 Å². The van der Waals surface area contributed by atoms with Crippen LogP contribution < -0.4 is 14.8 Å². The molecule has 0 saturated carbocycles. The van der Waals surface area contributed by atoms with Crippen LogP contribution >= 0.6 is 24.0 Å². The molecular formula is C19H25N3O4S2. The summed E-state index contributed by atoms with van der Waals surface area (Å²) in [5.41, 5.74) is 2.38. The Kier molecular flexibility index (Phi) is 6.79. The van der Waals surface area contributed by atoms with Gasteiger partial charge in [-0.25, -0.2) is 0 Å². The first-order valence-corrected chi connectivity index (χ1v) is 10.6. The maximum atomic E-state index is 12.4. The van der Waals surface area contributed by atoms with Gasteiger partial charge in [0.15, 0.2) is 11.5 Å². The number of methoxy groups -OCH3 is 2. The Bertz CT molecular complexity index is 771. The molecule has 1 aromatic rings. The van der Waals surface area contributed by atoms with Crippen molar-refractivity contribution in [3.05, 3.63) is 23.3 Å². The summed E-state index contributed by atoms with van der Waals surface area (Å²) in [5.74, 6) is 1.78. The summed E-state index contributed by atoms with van der Waals surface area (Å²) in [4.78, 5) is 27.8. The standard InChI is InChI=1S/C19H25N3O4S2/c1-12-14-9-16(26-3)15(25-2)8-13(14)4-6-21(12)10-17(23)20-5-7-22-18(24)11-28-19(22)27/h8-9,12H,4-7,10-11H2,1-3H3,(H,20,23)/t12-/m1/s1. The van der Waals surface area contributed by atoms with Gasteiger partial charge in [0.2, 0.25) is 11.8 Å². The Balaban J connectivity index is 1.56. The van der Waals surface area contributed by atoms with Crippen molar-refractivity contribution in [2.75, 3.05) is 46.2 Å². The Morgan fingerprint density at radius 3 is 2.68 bits per heavy atom. The third-order valence-electron chi connectivity index (χ3n) is 5.16. The fourth-order valence-corrected chi connectivity index (χ4v) is 4.68. The predicted octanol–water partition coefficient (Wildman–Crippen LogP) is 1.60. The molecule has 0 bridgehead atoms. The number of hydrogen-bond donors (Lipinski definition) is 1. The number of nitrogens with one attached hydrogen (secondary N) is 1. The maximum absolute atomic E-state index is 12.4. The third-order valence-corrected chi connectivity index (χ3v) is 6.59. The van der Waals surface area contributed by atoms with E-state index in [1.807, 2.05) is 12.1 Å². The topological polar surface area (TPSA) is 71.1 Å². The van der Waals surface area contributed by atoms with Crippen molar-refractivity contribution in [3.63, 3.8) is 0 Å². The van der Waals surface area contributed by atoms with E-state index in [0.717, 1.165) is 24.3 Å². The Morgan fingerprint density at radius 2 is 2.04 bits per heavy atom. The molecule has 28 heavy (non-hydrogen) atoms. The number of fused-ring (bicyclic) bond motifs is 1. The molecule has 152 valence electrons. The van der Waals surface area contributed by atoms with Gasteiger partial charge < -0.3 is 14.8 Å². The lowest BCUT2D eigenvalue weighted by Gasteiger charge is -2.35. The molecule has 2 heterocycles. The second-order valence-corrected chi connectivity index (χ2v) is 8.36. The summed E-state index contributed by atoms with van der Waals surface area (Å²) in [5, 5.41) is 2.90. The highest BCUT2D eigenvalue weighted by Crippen LogP contribution is 2.37. The van der Waals surface area contributed by atoms with Crippen molar-refractivity contribution in [2.45, 2.75) is 19.4 Å². The summed E-state index contributed by atoms with van der Waals surface area (Å²) in [6, 6.07) is 4.12. The van der Waals surface area contributed by atoms with E-state index in [2.05, 4.69) is 17.1 Å². The number of benzene rings is 1. The average Bonchev–Trinajstić information content (AvgIpc) is 3.01. The first-order chi connectivity index (χ1) is 13.4. The van der Waals surface area contributed by atoms with Crippen molar-refractivity contribution in [1.29, 1.82) is 0 Å². The quantitative estimate of drug-likeness (QED) is 0.668. The number of hydrogen-bond acceptors (Lipinski definition) is 7. The molecule has 1 atom stereocenters. The zero-order chi connectivity index (χ0) is 20.3. The number of carbonyl (C=O) groups excluding carboxylic acids is 2. The number of carbonyl (C=O) groups is 2. The lowest BCUT2D eigenvalue weighted by atomic mass is 9.93. The molecule has 0 spiro atoms. The SMILES string of the molecule is COc1cc2c(cc1OC)[C@@H](C)N(CC(=O)NCCN1C(=O)CSC1=S)CC2. The van der Waals surface area contributed by atoms with E-state index in [4.69, 9.17) is 21.7 Å². The Hall–Kier alpha value is -1.84. The van der Waals surface area contributed by atoms with Crippen LogP contribution in [0, 0.1) is 0 Å². The van der Waals surface area contributed by atoms with Gasteiger partial charge in [-0.3, -0.25) is 19.4 Å². The minimum Gasteiger partial charge on any atom is -0.493 e. The summed E-state index contributed by atoms with van der Waals surface area (Å²) < 4.78 is 11.4. The van der Waals surface area contributed by atoms with Gasteiger partial charge in [0.1, 0.15) is 4.32 Å². The monoisotopic (exact) mass is 423 g/mol. The maximum Gasteiger partial charge on any atom is 0.238 e. The molecule has 0 radical (unpaired) electrons. The number of thioether (sulfide) groups is 1. The zero-order valence-electron chi connectivity index (χ0n) is 16.3. The van der Waals surface area contributed by atoms with Gasteiger partial charge in [-0.15, -0.1) is 0 Å². The van der Waals surface area contributed by atoms with Crippen LogP contribution in [-0.2, 0) is 16.0 Å². The largest absolute Gasteiger partial charge is 0.493 e. The predicted molar refractivity (Wildman–Crippen MR) is 113 cm³/mol. The molecule has 1 aromatic carbocycles. The Morgan fingerprint density at radius 1 is 1.32 bits per heavy atom. The molecule has 1 fully saturated rings. The fourth-order valence-electron chi connectivity index (χ4n) is 3.56. The van der Waals surface area contributed by atoms with E-state index in [1.54, 1.807) is 19.1 Å². The summed E-state index contributed by atoms with van der Waals surface area (Å²) >= 11 is 6.51. The lowest BCUT2D eigenvalue weighted by Crippen LogP contribution is -2.44. The average molecular weight is 424 g/mol. The molecular weight excluding hydrogens is 398 g/mol. The third kappa shape index (κ3) is 4.42. The normalized spacial score (nSPS) is 19.5. The molecule has 0 aromatic heterocycles. The van der Waals surface area contributed by atoms with Crippen molar-refractivity contribution in [2.24, 2.45) is 0 Å². The van der Waals surface area contributed by atoms with Crippen LogP contribution in [-0.4, -0.2) is 72.1 Å². The number of rotatable bonds is 7. The number of ether oxygens (including phenoxy) is 2. The Labute approximate surface area is 174 Å². The molecule has 0 aliphatic carbocycles. The lowest BCUT2D eigenvalue weighted by molar-refractivity contribution is -0.125. The molecule has 7 nitrogen and oxygen atoms in total. The summed E-state index contributed by atoms with van der Waals surface area (Å²) in [7, 11) is 3.26. The molecule has 9 heteroatoms. The fraction of sp³-hybridized carbons (Fsp3) is 0.526. The van der Waals surface area contributed by atoms with Gasteiger partial charge in [0, 0.05) is 25.7 Å². The van der Waals surface area contributed by atoms with E-state index in [0.29, 0.717) is 35.5 Å². The highest BCUT2D eigenvalue weighted by molar-refractivity contribution is 8.23. The van der Waals surface area contributed by atoms with Gasteiger partial charge in [-0.05, 0) is 36.6 Å². The molecule has 2 aliphatic rings. The van der Waals surface area contributed by atoms with E-state index in [9.17, 15) is 9.59 Å². The first-order valence-electron chi connectivity index (χ1n) is 9.17. The second kappa shape index (κ2) is 9.11. The number of amides is 2. The van der Waals surface area contributed by atoms with E-state index < -0.39 is 0 Å². The number of thiocarbonyl (C=S) groups is 1. The smallest absolute Gasteiger partial charge is 0.238 e. The molecule has 1 saturated heterocycles. The van der Waals surface area contributed by atoms with Crippen LogP contribution in [0.4, 0.5) is 0 Å². The van der Waals surface area contributed by atoms with Gasteiger partial charge in [0.05, 0.1) is 26.5 Å². The minimum atomic E-state index is -0.0546. The number of nitrogens with zero attached hydrogens (tertiary/aromatic N) is 2. The van der Waals surface area contributed by atoms with Gasteiger partial charge >= 0.3 is 0 Å². The summed E-state index contributed by atoms with van der Waals surface area (Å²) in [6.07, 6.45) is 0.848. The van der Waals surface area contributed by atoms with Crippen molar-refractivity contribution in [1.82, 2.24) is 15.1 Å². The van der Waals surface area contributed by atoms with Crippen LogP contribution in [0.25, 0.3) is 0 Å². The molecule has 2 aliphatic heterocycles. The van der Waals surface area contributed by atoms with Gasteiger partial charge in [0.25, 0.3) is 0 Å². The van der Waals surface area contributed by atoms with Crippen molar-refractivity contribution >= 4 is 40.1 Å². The minimum absolute atomic E-state index is 0.00915. The highest BCUT2D eigenvalue weighted by Gasteiger charge is 2.28. The molecule has 3 rings (SSSR count). The molecule has 1 N–H and O–H groups in total. The molecule has 0 unspecified atom stereocenters.